The lowest BCUT2D eigenvalue weighted by Gasteiger charge is -2.16. The van der Waals surface area contributed by atoms with Crippen LogP contribution in [0.3, 0.4) is 0 Å². The molecule has 92 valence electrons. The van der Waals surface area contributed by atoms with Gasteiger partial charge in [-0.05, 0) is 0 Å². The molecule has 0 aromatic rings. The van der Waals surface area contributed by atoms with E-state index >= 15 is 0 Å². The van der Waals surface area contributed by atoms with Crippen LogP contribution >= 0.6 is 7.91 Å². The Hall–Kier alpha value is 0.0938. The van der Waals surface area contributed by atoms with E-state index in [1.54, 1.807) is 0 Å². The Morgan fingerprint density at radius 3 is 1.40 bits per heavy atom. The highest BCUT2D eigenvalue weighted by molar-refractivity contribution is 7.51. The van der Waals surface area contributed by atoms with E-state index < -0.39 is 38.5 Å². The molecule has 0 atom stereocenters. The predicted octanol–water partition coefficient (Wildman–Crippen LogP) is 2.87. The Kier molecular flexibility index (Phi) is 4.98. The molecule has 0 unspecified atom stereocenters. The van der Waals surface area contributed by atoms with Crippen LogP contribution in [0.2, 0.25) is 0 Å². The van der Waals surface area contributed by atoms with Crippen molar-refractivity contribution in [1.29, 1.82) is 0 Å². The van der Waals surface area contributed by atoms with E-state index in [0.29, 0.717) is 0 Å². The number of hydrogen-bond acceptors (Lipinski definition) is 3. The Balaban J connectivity index is 4.51. The Bertz CT molecular complexity index is 239. The molecule has 0 N–H and O–H groups in total. The van der Waals surface area contributed by atoms with E-state index in [4.69, 9.17) is 0 Å². The first kappa shape index (κ1) is 15.1. The summed E-state index contributed by atoms with van der Waals surface area (Å²) < 4.78 is 99.0. The van der Waals surface area contributed by atoms with Crippen LogP contribution in [0.25, 0.3) is 0 Å². The van der Waals surface area contributed by atoms with Crippen LogP contribution in [0, 0.1) is 0 Å². The SMILES string of the molecule is O=P(F)(O[Si](F)(F)CF)O[Si](F)(F)CF. The molecule has 0 rings (SSSR count). The van der Waals surface area contributed by atoms with E-state index in [0.717, 1.165) is 0 Å². The van der Waals surface area contributed by atoms with Crippen LogP contribution in [0.15, 0.2) is 0 Å². The van der Waals surface area contributed by atoms with Crippen molar-refractivity contribution in [2.75, 3.05) is 12.6 Å². The van der Waals surface area contributed by atoms with Crippen molar-refractivity contribution >= 4 is 25.9 Å². The van der Waals surface area contributed by atoms with Gasteiger partial charge < -0.3 is 0 Å². The van der Waals surface area contributed by atoms with Crippen molar-refractivity contribution in [3.63, 3.8) is 0 Å². The van der Waals surface area contributed by atoms with Crippen molar-refractivity contribution in [1.82, 2.24) is 0 Å². The molecule has 0 heterocycles. The zero-order chi connectivity index (χ0) is 12.3. The number of alkyl halides is 2. The van der Waals surface area contributed by atoms with Gasteiger partial charge in [0.1, 0.15) is 0 Å². The summed E-state index contributed by atoms with van der Waals surface area (Å²) in [5.74, 6) is 0. The van der Waals surface area contributed by atoms with Gasteiger partial charge in [0.2, 0.25) is 0 Å². The molecule has 0 amide bonds. The van der Waals surface area contributed by atoms with Gasteiger partial charge in [-0.2, -0.15) is 0 Å². The molecule has 0 radical (unpaired) electrons. The zero-order valence-corrected chi connectivity index (χ0v) is 9.63. The second-order valence-electron chi connectivity index (χ2n) is 2.16. The van der Waals surface area contributed by atoms with Gasteiger partial charge in [0.05, 0.1) is 0 Å². The van der Waals surface area contributed by atoms with Gasteiger partial charge in [0.25, 0.3) is 0 Å². The summed E-state index contributed by atoms with van der Waals surface area (Å²) in [6, 6.07) is 0. The quantitative estimate of drug-likeness (QED) is 0.327. The molecule has 0 saturated carbocycles. The van der Waals surface area contributed by atoms with E-state index in [2.05, 4.69) is 8.43 Å². The fourth-order valence-electron chi connectivity index (χ4n) is 0.386. The van der Waals surface area contributed by atoms with Gasteiger partial charge in [-0.15, -0.1) is 4.20 Å². The van der Waals surface area contributed by atoms with Crippen LogP contribution in [-0.2, 0) is 13.0 Å². The molecule has 0 aliphatic heterocycles. The topological polar surface area (TPSA) is 35.5 Å². The first-order valence-corrected chi connectivity index (χ1v) is 8.30. The third-order valence-electron chi connectivity index (χ3n) is 0.796. The highest BCUT2D eigenvalue weighted by Gasteiger charge is 2.54. The third-order valence-corrected chi connectivity index (χ3v) is 5.30. The maximum Gasteiger partial charge on any atom is 0.618 e. The van der Waals surface area contributed by atoms with E-state index in [-0.39, 0.29) is 0 Å². The summed E-state index contributed by atoms with van der Waals surface area (Å²) in [6.07, 6.45) is -4.90. The van der Waals surface area contributed by atoms with Crippen molar-refractivity contribution < 1.29 is 42.4 Å². The molecule has 0 bridgehead atoms. The predicted molar refractivity (Wildman–Crippen MR) is 38.8 cm³/mol. The maximum absolute atomic E-state index is 12.3. The maximum atomic E-state index is 12.3. The Labute approximate surface area is 81.8 Å². The Morgan fingerprint density at radius 2 is 1.20 bits per heavy atom. The minimum atomic E-state index is -6.33. The molecule has 0 saturated heterocycles. The number of rotatable bonds is 6. The molecule has 0 aromatic heterocycles. The fraction of sp³-hybridized carbons (Fsp3) is 1.00. The second kappa shape index (κ2) is 4.95. The number of hydrogen-bond donors (Lipinski definition) is 0. The van der Waals surface area contributed by atoms with E-state index in [1.807, 2.05) is 0 Å². The van der Waals surface area contributed by atoms with E-state index in [9.17, 15) is 34.0 Å². The Morgan fingerprint density at radius 1 is 0.933 bits per heavy atom. The van der Waals surface area contributed by atoms with Gasteiger partial charge in [-0.25, -0.2) is 29.8 Å². The summed E-state index contributed by atoms with van der Waals surface area (Å²) >= 11 is 0. The molecule has 13 heteroatoms. The highest BCUT2D eigenvalue weighted by Crippen LogP contribution is 2.55. The molecule has 0 aliphatic rings. The summed E-state index contributed by atoms with van der Waals surface area (Å²) in [4.78, 5) is 0. The average Bonchev–Trinajstić information content (AvgIpc) is 2.00. The van der Waals surface area contributed by atoms with Crippen molar-refractivity contribution in [2.45, 2.75) is 0 Å². The number of halogens is 7. The molecule has 3 nitrogen and oxygen atoms in total. The first-order valence-electron chi connectivity index (χ1n) is 3.12. The highest BCUT2D eigenvalue weighted by atomic mass is 31.2. The minimum absolute atomic E-state index is 2.45. The smallest absolute Gasteiger partial charge is 0.268 e. The summed E-state index contributed by atoms with van der Waals surface area (Å²) in [7, 11) is -18.9. The zero-order valence-electron chi connectivity index (χ0n) is 6.73. The third kappa shape index (κ3) is 6.30. The lowest BCUT2D eigenvalue weighted by atomic mass is 11.8. The molecule has 15 heavy (non-hydrogen) atoms. The summed E-state index contributed by atoms with van der Waals surface area (Å²) in [5, 5.41) is 0. The van der Waals surface area contributed by atoms with Gasteiger partial charge >= 0.3 is 25.9 Å². The van der Waals surface area contributed by atoms with E-state index in [1.165, 1.54) is 0 Å². The summed E-state index contributed by atoms with van der Waals surface area (Å²) in [6.45, 7) is 0. The van der Waals surface area contributed by atoms with Crippen LogP contribution in [0.5, 0.6) is 0 Å². The monoisotopic (exact) mass is 296 g/mol. The van der Waals surface area contributed by atoms with Gasteiger partial charge in [-0.3, -0.25) is 8.43 Å². The molecular formula is C2H4F7O3PSi2. The largest absolute Gasteiger partial charge is 0.618 e. The fourth-order valence-corrected chi connectivity index (χ4v) is 3.81. The lowest BCUT2D eigenvalue weighted by Crippen LogP contribution is -2.34. The standard InChI is InChI=1S/C2H4F7O3PSi2/c3-1-14(6,7)11-13(5,10)12-15(8,9)2-4/h1-2H2. The van der Waals surface area contributed by atoms with Gasteiger partial charge in [0, 0.05) is 0 Å². The second-order valence-corrected chi connectivity index (χ2v) is 7.56. The minimum Gasteiger partial charge on any atom is -0.268 e. The van der Waals surface area contributed by atoms with Crippen LogP contribution in [0.4, 0.5) is 29.4 Å². The molecule has 0 spiro atoms. The van der Waals surface area contributed by atoms with Crippen molar-refractivity contribution in [3.8, 4) is 0 Å². The first-order chi connectivity index (χ1) is 6.54. The van der Waals surface area contributed by atoms with Crippen LogP contribution < -0.4 is 0 Å². The lowest BCUT2D eigenvalue weighted by molar-refractivity contribution is 0.238. The summed E-state index contributed by atoms with van der Waals surface area (Å²) in [5.41, 5.74) is 0. The van der Waals surface area contributed by atoms with Crippen LogP contribution in [0.1, 0.15) is 0 Å². The molecule has 0 aliphatic carbocycles. The molecule has 0 fully saturated rings. The van der Waals surface area contributed by atoms with Crippen LogP contribution in [-0.4, -0.2) is 30.6 Å². The average molecular weight is 296 g/mol. The molecule has 0 aromatic carbocycles. The van der Waals surface area contributed by atoms with Crippen molar-refractivity contribution in [2.24, 2.45) is 0 Å². The van der Waals surface area contributed by atoms with Gasteiger partial charge in [-0.1, -0.05) is 0 Å². The normalized spacial score (nSPS) is 14.3. The van der Waals surface area contributed by atoms with Gasteiger partial charge in [0.15, 0.2) is 12.6 Å². The van der Waals surface area contributed by atoms with Crippen molar-refractivity contribution in [3.05, 3.63) is 0 Å². The molecular weight excluding hydrogens is 292 g/mol.